The van der Waals surface area contributed by atoms with Crippen molar-refractivity contribution in [3.63, 3.8) is 0 Å². The van der Waals surface area contributed by atoms with E-state index in [0.717, 1.165) is 32.9 Å². The van der Waals surface area contributed by atoms with E-state index in [2.05, 4.69) is 4.98 Å². The molecule has 4 rings (SSSR count). The molecule has 0 unspecified atom stereocenters. The van der Waals surface area contributed by atoms with Crippen molar-refractivity contribution in [2.75, 3.05) is 18.1 Å². The first-order chi connectivity index (χ1) is 15.2. The molecule has 0 fully saturated rings. The van der Waals surface area contributed by atoms with Gasteiger partial charge in [-0.1, -0.05) is 60.7 Å². The first-order valence-corrected chi connectivity index (χ1v) is 10.1. The van der Waals surface area contributed by atoms with Gasteiger partial charge in [0.2, 0.25) is 0 Å². The Bertz CT molecular complexity index is 1270. The molecule has 0 spiro atoms. The van der Waals surface area contributed by atoms with Gasteiger partial charge in [0.25, 0.3) is 5.91 Å². The summed E-state index contributed by atoms with van der Waals surface area (Å²) >= 11 is 0. The number of nitrogens with zero attached hydrogens (tertiary/aromatic N) is 2. The van der Waals surface area contributed by atoms with E-state index < -0.39 is 5.97 Å². The van der Waals surface area contributed by atoms with Gasteiger partial charge in [-0.2, -0.15) is 0 Å². The van der Waals surface area contributed by atoms with Crippen molar-refractivity contribution in [1.29, 1.82) is 0 Å². The van der Waals surface area contributed by atoms with Gasteiger partial charge in [-0.25, -0.2) is 4.79 Å². The van der Waals surface area contributed by atoms with E-state index in [1.807, 2.05) is 79.7 Å². The van der Waals surface area contributed by atoms with Crippen molar-refractivity contribution >= 4 is 45.3 Å². The van der Waals surface area contributed by atoms with E-state index in [4.69, 9.17) is 4.74 Å². The largest absolute Gasteiger partial charge is 0.452 e. The molecule has 1 aromatic heterocycles. The molecular weight excluding hydrogens is 388 g/mol. The van der Waals surface area contributed by atoms with Crippen LogP contribution in [0.4, 0.5) is 5.69 Å². The van der Waals surface area contributed by atoms with Crippen molar-refractivity contribution in [2.24, 2.45) is 0 Å². The number of esters is 1. The molecule has 5 nitrogen and oxygen atoms in total. The third-order valence-electron chi connectivity index (χ3n) is 5.08. The zero-order valence-electron chi connectivity index (χ0n) is 17.2. The van der Waals surface area contributed by atoms with E-state index in [1.165, 1.54) is 6.08 Å². The van der Waals surface area contributed by atoms with Gasteiger partial charge in [0.1, 0.15) is 0 Å². The number of likely N-dealkylation sites (N-methyl/N-ethyl adjacent to an activating group) is 1. The number of benzene rings is 3. The van der Waals surface area contributed by atoms with E-state index in [-0.39, 0.29) is 12.5 Å². The fourth-order valence-corrected chi connectivity index (χ4v) is 3.60. The molecule has 0 radical (unpaired) electrons. The van der Waals surface area contributed by atoms with Gasteiger partial charge in [-0.3, -0.25) is 9.78 Å². The lowest BCUT2D eigenvalue weighted by Crippen LogP contribution is -2.34. The van der Waals surface area contributed by atoms with Crippen molar-refractivity contribution < 1.29 is 14.3 Å². The topological polar surface area (TPSA) is 59.5 Å². The fourth-order valence-electron chi connectivity index (χ4n) is 3.60. The predicted molar refractivity (Wildman–Crippen MR) is 124 cm³/mol. The molecule has 0 aliphatic heterocycles. The normalized spacial score (nSPS) is 11.1. The van der Waals surface area contributed by atoms with Crippen molar-refractivity contribution in [3.05, 3.63) is 90.6 Å². The average Bonchev–Trinajstić information content (AvgIpc) is 2.82. The van der Waals surface area contributed by atoms with Gasteiger partial charge in [-0.05, 0) is 30.5 Å². The maximum atomic E-state index is 12.8. The molecule has 1 amide bonds. The zero-order valence-corrected chi connectivity index (χ0v) is 17.2. The number of pyridine rings is 1. The predicted octanol–water partition coefficient (Wildman–Crippen LogP) is 5.00. The summed E-state index contributed by atoms with van der Waals surface area (Å²) in [6, 6.07) is 23.3. The monoisotopic (exact) mass is 410 g/mol. The minimum atomic E-state index is -0.574. The molecule has 5 heteroatoms. The number of hydrogen-bond acceptors (Lipinski definition) is 4. The summed E-state index contributed by atoms with van der Waals surface area (Å²) in [6.07, 6.45) is 4.69. The summed E-state index contributed by atoms with van der Waals surface area (Å²) in [4.78, 5) is 31.0. The van der Waals surface area contributed by atoms with Crippen LogP contribution >= 0.6 is 0 Å². The van der Waals surface area contributed by atoms with Gasteiger partial charge < -0.3 is 9.64 Å². The average molecular weight is 410 g/mol. The Morgan fingerprint density at radius 3 is 2.55 bits per heavy atom. The molecule has 0 atom stereocenters. The Balaban J connectivity index is 1.44. The third kappa shape index (κ3) is 4.46. The van der Waals surface area contributed by atoms with E-state index in [1.54, 1.807) is 17.2 Å². The van der Waals surface area contributed by atoms with Gasteiger partial charge in [-0.15, -0.1) is 0 Å². The number of hydrogen-bond donors (Lipinski definition) is 0. The maximum Gasteiger partial charge on any atom is 0.331 e. The molecule has 4 aromatic rings. The lowest BCUT2D eigenvalue weighted by molar-refractivity contribution is -0.142. The van der Waals surface area contributed by atoms with Crippen LogP contribution in [0.15, 0.2) is 85.1 Å². The molecule has 0 N–H and O–H groups in total. The van der Waals surface area contributed by atoms with Crippen LogP contribution in [0.3, 0.4) is 0 Å². The van der Waals surface area contributed by atoms with Crippen LogP contribution in [0, 0.1) is 0 Å². The molecular formula is C26H22N2O3. The number of carbonyl (C=O) groups is 2. The first-order valence-electron chi connectivity index (χ1n) is 10.1. The van der Waals surface area contributed by atoms with Gasteiger partial charge >= 0.3 is 5.97 Å². The second-order valence-electron chi connectivity index (χ2n) is 7.00. The van der Waals surface area contributed by atoms with Crippen molar-refractivity contribution in [3.8, 4) is 0 Å². The fraction of sp³-hybridized carbons (Fsp3) is 0.115. The number of amides is 1. The highest BCUT2D eigenvalue weighted by atomic mass is 16.5. The third-order valence-corrected chi connectivity index (χ3v) is 5.08. The molecule has 31 heavy (non-hydrogen) atoms. The Kier molecular flexibility index (Phi) is 6.03. The SMILES string of the molecule is CCN(C(=O)COC(=O)/C=C/c1cccc2cccnc12)c1cccc2ccccc12. The van der Waals surface area contributed by atoms with Crippen molar-refractivity contribution in [1.82, 2.24) is 4.98 Å². The quantitative estimate of drug-likeness (QED) is 0.332. The van der Waals surface area contributed by atoms with Crippen LogP contribution in [0.5, 0.6) is 0 Å². The Morgan fingerprint density at radius 1 is 0.935 bits per heavy atom. The molecule has 0 saturated heterocycles. The number of aromatic nitrogens is 1. The molecule has 3 aromatic carbocycles. The number of para-hydroxylation sites is 1. The molecule has 0 saturated carbocycles. The molecule has 1 heterocycles. The van der Waals surface area contributed by atoms with Crippen LogP contribution in [-0.2, 0) is 14.3 Å². The first kappa shape index (κ1) is 20.3. The summed E-state index contributed by atoms with van der Waals surface area (Å²) < 4.78 is 5.22. The van der Waals surface area contributed by atoms with Gasteiger partial charge in [0.15, 0.2) is 6.61 Å². The lowest BCUT2D eigenvalue weighted by Gasteiger charge is -2.22. The van der Waals surface area contributed by atoms with E-state index in [9.17, 15) is 9.59 Å². The number of rotatable bonds is 6. The maximum absolute atomic E-state index is 12.8. The Hall–Kier alpha value is -3.99. The molecule has 0 aliphatic rings. The summed E-state index contributed by atoms with van der Waals surface area (Å²) in [7, 11) is 0. The highest BCUT2D eigenvalue weighted by Gasteiger charge is 2.17. The zero-order chi connectivity index (χ0) is 21.6. The second kappa shape index (κ2) is 9.22. The number of fused-ring (bicyclic) bond motifs is 2. The minimum absolute atomic E-state index is 0.271. The highest BCUT2D eigenvalue weighted by Crippen LogP contribution is 2.26. The summed E-state index contributed by atoms with van der Waals surface area (Å²) in [6.45, 7) is 2.05. The standard InChI is InChI=1S/C26H22N2O3/c1-2-28(23-14-6-9-19-8-3-4-13-22(19)23)24(29)18-31-25(30)16-15-21-11-5-10-20-12-7-17-27-26(20)21/h3-17H,2,18H2,1H3/b16-15+. The number of anilines is 1. The molecule has 154 valence electrons. The lowest BCUT2D eigenvalue weighted by atomic mass is 10.1. The Labute approximate surface area is 180 Å². The second-order valence-corrected chi connectivity index (χ2v) is 7.00. The van der Waals surface area contributed by atoms with Crippen LogP contribution in [0.25, 0.3) is 27.8 Å². The summed E-state index contributed by atoms with van der Waals surface area (Å²) in [5.74, 6) is -0.845. The number of carbonyl (C=O) groups excluding carboxylic acids is 2. The Morgan fingerprint density at radius 2 is 1.68 bits per heavy atom. The number of ether oxygens (including phenoxy) is 1. The highest BCUT2D eigenvalue weighted by molar-refractivity contribution is 6.04. The molecule has 0 aliphatic carbocycles. The smallest absolute Gasteiger partial charge is 0.331 e. The van der Waals surface area contributed by atoms with Crippen LogP contribution in [0.1, 0.15) is 12.5 Å². The minimum Gasteiger partial charge on any atom is -0.452 e. The van der Waals surface area contributed by atoms with Crippen LogP contribution < -0.4 is 4.90 Å². The summed E-state index contributed by atoms with van der Waals surface area (Å²) in [5, 5.41) is 3.02. The van der Waals surface area contributed by atoms with Crippen molar-refractivity contribution in [2.45, 2.75) is 6.92 Å². The summed E-state index contributed by atoms with van der Waals surface area (Å²) in [5.41, 5.74) is 2.42. The van der Waals surface area contributed by atoms with E-state index >= 15 is 0 Å². The van der Waals surface area contributed by atoms with Gasteiger partial charge in [0.05, 0.1) is 11.2 Å². The van der Waals surface area contributed by atoms with E-state index in [0.29, 0.717) is 6.54 Å². The van der Waals surface area contributed by atoms with Crippen LogP contribution in [0.2, 0.25) is 0 Å². The van der Waals surface area contributed by atoms with Crippen LogP contribution in [-0.4, -0.2) is 30.0 Å². The van der Waals surface area contributed by atoms with Gasteiger partial charge in [0, 0.05) is 35.2 Å². The molecule has 0 bridgehead atoms.